The van der Waals surface area contributed by atoms with E-state index in [4.69, 9.17) is 0 Å². The third-order valence-electron chi connectivity index (χ3n) is 2.88. The molecule has 82 valence electrons. The van der Waals surface area contributed by atoms with Gasteiger partial charge in [0.2, 0.25) is 0 Å². The lowest BCUT2D eigenvalue weighted by Crippen LogP contribution is -1.89. The first kappa shape index (κ1) is 10.9. The van der Waals surface area contributed by atoms with Gasteiger partial charge >= 0.3 is 0 Å². The molecule has 0 aliphatic heterocycles. The van der Waals surface area contributed by atoms with Crippen LogP contribution in [0, 0.1) is 26.6 Å². The van der Waals surface area contributed by atoms with Crippen LogP contribution in [0.4, 0.5) is 4.39 Å². The van der Waals surface area contributed by atoms with Gasteiger partial charge in [-0.3, -0.25) is 0 Å². The molecular weight excluding hydrogens is 199 g/mol. The molecular formula is C15H15F. The average Bonchev–Trinajstić information content (AvgIpc) is 2.25. The molecule has 0 radical (unpaired) electrons. The minimum Gasteiger partial charge on any atom is -0.207 e. The summed E-state index contributed by atoms with van der Waals surface area (Å²) in [7, 11) is 0. The molecule has 0 fully saturated rings. The molecule has 0 bridgehead atoms. The van der Waals surface area contributed by atoms with Crippen molar-refractivity contribution in [3.63, 3.8) is 0 Å². The molecule has 2 rings (SSSR count). The molecule has 0 amide bonds. The number of benzene rings is 2. The predicted molar refractivity (Wildman–Crippen MR) is 66.0 cm³/mol. The first-order chi connectivity index (χ1) is 7.58. The zero-order valence-corrected chi connectivity index (χ0v) is 9.84. The first-order valence-electron chi connectivity index (χ1n) is 5.42. The molecule has 0 aliphatic carbocycles. The zero-order chi connectivity index (χ0) is 11.7. The minimum atomic E-state index is -0.179. The maximum Gasteiger partial charge on any atom is 0.123 e. The molecule has 0 heterocycles. The Kier molecular flexibility index (Phi) is 2.78. The Labute approximate surface area is 95.7 Å². The normalized spacial score (nSPS) is 10.5. The van der Waals surface area contributed by atoms with E-state index in [0.717, 1.165) is 16.7 Å². The Hall–Kier alpha value is -1.63. The maximum atomic E-state index is 13.3. The van der Waals surface area contributed by atoms with Crippen molar-refractivity contribution >= 4 is 0 Å². The molecule has 0 spiro atoms. The van der Waals surface area contributed by atoms with E-state index in [9.17, 15) is 4.39 Å². The SMILES string of the molecule is Cc1ccc(C)c(-c2cc(F)ccc2C)c1. The lowest BCUT2D eigenvalue weighted by atomic mass is 9.95. The Bertz CT molecular complexity index is 477. The summed E-state index contributed by atoms with van der Waals surface area (Å²) in [5.41, 5.74) is 5.59. The highest BCUT2D eigenvalue weighted by atomic mass is 19.1. The van der Waals surface area contributed by atoms with Crippen molar-refractivity contribution in [1.82, 2.24) is 0 Å². The lowest BCUT2D eigenvalue weighted by molar-refractivity contribution is 0.628. The van der Waals surface area contributed by atoms with Crippen molar-refractivity contribution in [2.45, 2.75) is 20.8 Å². The summed E-state index contributed by atoms with van der Waals surface area (Å²) in [5, 5.41) is 0. The Morgan fingerprint density at radius 1 is 0.750 bits per heavy atom. The minimum absolute atomic E-state index is 0.179. The van der Waals surface area contributed by atoms with E-state index in [1.165, 1.54) is 17.2 Å². The fourth-order valence-corrected chi connectivity index (χ4v) is 1.91. The smallest absolute Gasteiger partial charge is 0.123 e. The molecule has 0 saturated heterocycles. The van der Waals surface area contributed by atoms with Crippen LogP contribution in [0.1, 0.15) is 16.7 Å². The van der Waals surface area contributed by atoms with Crippen LogP contribution in [0.15, 0.2) is 36.4 Å². The van der Waals surface area contributed by atoms with E-state index >= 15 is 0 Å². The summed E-state index contributed by atoms with van der Waals surface area (Å²) in [6, 6.07) is 11.2. The summed E-state index contributed by atoms with van der Waals surface area (Å²) in [6.07, 6.45) is 0. The Morgan fingerprint density at radius 3 is 2.00 bits per heavy atom. The summed E-state index contributed by atoms with van der Waals surface area (Å²) >= 11 is 0. The molecule has 0 unspecified atom stereocenters. The van der Waals surface area contributed by atoms with E-state index in [1.54, 1.807) is 6.07 Å². The average molecular weight is 214 g/mol. The lowest BCUT2D eigenvalue weighted by Gasteiger charge is -2.10. The van der Waals surface area contributed by atoms with Gasteiger partial charge in [-0.25, -0.2) is 4.39 Å². The summed E-state index contributed by atoms with van der Waals surface area (Å²) < 4.78 is 13.3. The highest BCUT2D eigenvalue weighted by molar-refractivity contribution is 5.71. The second kappa shape index (κ2) is 4.09. The Balaban J connectivity index is 2.66. The number of hydrogen-bond donors (Lipinski definition) is 0. The molecule has 16 heavy (non-hydrogen) atoms. The molecule has 1 heteroatoms. The van der Waals surface area contributed by atoms with E-state index in [0.29, 0.717) is 0 Å². The second-order valence-electron chi connectivity index (χ2n) is 4.28. The predicted octanol–water partition coefficient (Wildman–Crippen LogP) is 4.42. The first-order valence-corrected chi connectivity index (χ1v) is 5.42. The van der Waals surface area contributed by atoms with Gasteiger partial charge < -0.3 is 0 Å². The van der Waals surface area contributed by atoms with Crippen LogP contribution >= 0.6 is 0 Å². The van der Waals surface area contributed by atoms with E-state index < -0.39 is 0 Å². The fourth-order valence-electron chi connectivity index (χ4n) is 1.91. The van der Waals surface area contributed by atoms with Gasteiger partial charge in [0.25, 0.3) is 0 Å². The molecule has 2 aromatic carbocycles. The highest BCUT2D eigenvalue weighted by Gasteiger charge is 2.06. The topological polar surface area (TPSA) is 0 Å². The van der Waals surface area contributed by atoms with Crippen LogP contribution in [-0.2, 0) is 0 Å². The highest BCUT2D eigenvalue weighted by Crippen LogP contribution is 2.28. The van der Waals surface area contributed by atoms with Gasteiger partial charge in [0.05, 0.1) is 0 Å². The van der Waals surface area contributed by atoms with Gasteiger partial charge in [-0.1, -0.05) is 29.8 Å². The van der Waals surface area contributed by atoms with Crippen molar-refractivity contribution in [1.29, 1.82) is 0 Å². The monoisotopic (exact) mass is 214 g/mol. The van der Waals surface area contributed by atoms with Gasteiger partial charge in [-0.05, 0) is 55.2 Å². The quantitative estimate of drug-likeness (QED) is 0.659. The standard InChI is InChI=1S/C15H15F/c1-10-4-5-11(2)14(8-10)15-9-13(16)7-6-12(15)3/h4-9H,1-3H3. The number of hydrogen-bond acceptors (Lipinski definition) is 0. The number of rotatable bonds is 1. The largest absolute Gasteiger partial charge is 0.207 e. The molecule has 0 aromatic heterocycles. The van der Waals surface area contributed by atoms with Crippen LogP contribution < -0.4 is 0 Å². The molecule has 0 nitrogen and oxygen atoms in total. The maximum absolute atomic E-state index is 13.3. The van der Waals surface area contributed by atoms with Crippen molar-refractivity contribution in [2.24, 2.45) is 0 Å². The summed E-state index contributed by atoms with van der Waals surface area (Å²) in [4.78, 5) is 0. The third kappa shape index (κ3) is 1.99. The molecule has 0 saturated carbocycles. The summed E-state index contributed by atoms with van der Waals surface area (Å²) in [6.45, 7) is 6.12. The van der Waals surface area contributed by atoms with Gasteiger partial charge in [-0.2, -0.15) is 0 Å². The number of halogens is 1. The van der Waals surface area contributed by atoms with Gasteiger partial charge in [-0.15, -0.1) is 0 Å². The third-order valence-corrected chi connectivity index (χ3v) is 2.88. The van der Waals surface area contributed by atoms with Gasteiger partial charge in [0.15, 0.2) is 0 Å². The van der Waals surface area contributed by atoms with Crippen LogP contribution in [0.25, 0.3) is 11.1 Å². The molecule has 0 aliphatic rings. The fraction of sp³-hybridized carbons (Fsp3) is 0.200. The zero-order valence-electron chi connectivity index (χ0n) is 9.84. The van der Waals surface area contributed by atoms with E-state index in [1.807, 2.05) is 13.0 Å². The van der Waals surface area contributed by atoms with Gasteiger partial charge in [0, 0.05) is 0 Å². The van der Waals surface area contributed by atoms with Crippen molar-refractivity contribution < 1.29 is 4.39 Å². The molecule has 2 aromatic rings. The van der Waals surface area contributed by atoms with Gasteiger partial charge in [0.1, 0.15) is 5.82 Å². The van der Waals surface area contributed by atoms with Crippen LogP contribution in [0.2, 0.25) is 0 Å². The molecule has 0 N–H and O–H groups in total. The van der Waals surface area contributed by atoms with Crippen LogP contribution in [0.3, 0.4) is 0 Å². The number of aryl methyl sites for hydroxylation is 3. The molecule has 0 atom stereocenters. The van der Waals surface area contributed by atoms with E-state index in [-0.39, 0.29) is 5.82 Å². The van der Waals surface area contributed by atoms with Crippen LogP contribution in [-0.4, -0.2) is 0 Å². The van der Waals surface area contributed by atoms with Crippen molar-refractivity contribution in [3.8, 4) is 11.1 Å². The summed E-state index contributed by atoms with van der Waals surface area (Å²) in [5.74, 6) is -0.179. The van der Waals surface area contributed by atoms with E-state index in [2.05, 4.69) is 32.0 Å². The van der Waals surface area contributed by atoms with Crippen molar-refractivity contribution in [2.75, 3.05) is 0 Å². The van der Waals surface area contributed by atoms with Crippen LogP contribution in [0.5, 0.6) is 0 Å². The Morgan fingerprint density at radius 2 is 1.31 bits per heavy atom. The second-order valence-corrected chi connectivity index (χ2v) is 4.28. The van der Waals surface area contributed by atoms with Crippen molar-refractivity contribution in [3.05, 3.63) is 58.9 Å².